The summed E-state index contributed by atoms with van der Waals surface area (Å²) >= 11 is 11.9. The second kappa shape index (κ2) is 8.33. The van der Waals surface area contributed by atoms with Crippen molar-refractivity contribution in [2.24, 2.45) is 0 Å². The lowest BCUT2D eigenvalue weighted by molar-refractivity contribution is -0.122. The first-order valence-corrected chi connectivity index (χ1v) is 9.89. The largest absolute Gasteiger partial charge is 0.478 e. The summed E-state index contributed by atoms with van der Waals surface area (Å²) in [7, 11) is 0. The van der Waals surface area contributed by atoms with E-state index in [9.17, 15) is 24.3 Å². The van der Waals surface area contributed by atoms with Crippen LogP contribution < -0.4 is 10.2 Å². The highest BCUT2D eigenvalue weighted by atomic mass is 35.5. The lowest BCUT2D eigenvalue weighted by Gasteiger charge is -2.26. The van der Waals surface area contributed by atoms with Gasteiger partial charge in [-0.15, -0.1) is 0 Å². The van der Waals surface area contributed by atoms with Crippen LogP contribution in [0.2, 0.25) is 10.0 Å². The van der Waals surface area contributed by atoms with E-state index < -0.39 is 23.8 Å². The number of nitrogens with zero attached hydrogens (tertiary/aromatic N) is 2. The van der Waals surface area contributed by atoms with E-state index in [1.54, 1.807) is 35.0 Å². The molecule has 0 unspecified atom stereocenters. The standard InChI is InChI=1S/C22H13Cl2N3O5/c23-17-7-6-15(11-18(17)24)27-20(29)16(19(28)25-22(27)32)10-14-5-2-8-26(14)13-4-1-3-12(9-13)21(30)31/h1-11H,(H,30,31)(H,25,28,32)/b16-10+. The average Bonchev–Trinajstić information content (AvgIpc) is 3.22. The van der Waals surface area contributed by atoms with Gasteiger partial charge < -0.3 is 9.67 Å². The zero-order valence-electron chi connectivity index (χ0n) is 16.1. The summed E-state index contributed by atoms with van der Waals surface area (Å²) in [6.45, 7) is 0. The van der Waals surface area contributed by atoms with E-state index in [0.29, 0.717) is 11.4 Å². The van der Waals surface area contributed by atoms with Gasteiger partial charge in [0.15, 0.2) is 0 Å². The molecule has 1 fully saturated rings. The van der Waals surface area contributed by atoms with Crippen molar-refractivity contribution in [1.82, 2.24) is 9.88 Å². The number of aromatic carboxylic acids is 1. The van der Waals surface area contributed by atoms with Crippen LogP contribution in [0.5, 0.6) is 0 Å². The molecule has 0 atom stereocenters. The zero-order valence-corrected chi connectivity index (χ0v) is 17.6. The SMILES string of the molecule is O=C1NC(=O)N(c2ccc(Cl)c(Cl)c2)C(=O)/C1=C/c1cccn1-c1cccc(C(=O)O)c1. The monoisotopic (exact) mass is 469 g/mol. The number of amides is 4. The molecule has 0 saturated carbocycles. The number of anilines is 1. The van der Waals surface area contributed by atoms with Crippen LogP contribution >= 0.6 is 23.2 Å². The summed E-state index contributed by atoms with van der Waals surface area (Å²) < 4.78 is 1.61. The van der Waals surface area contributed by atoms with Crippen LogP contribution in [0.25, 0.3) is 11.8 Å². The Morgan fingerprint density at radius 3 is 2.44 bits per heavy atom. The van der Waals surface area contributed by atoms with Crippen LogP contribution in [0, 0.1) is 0 Å². The Labute approximate surface area is 191 Å². The van der Waals surface area contributed by atoms with Crippen LogP contribution in [-0.2, 0) is 9.59 Å². The molecule has 1 aliphatic heterocycles. The molecular weight excluding hydrogens is 457 g/mol. The highest BCUT2D eigenvalue weighted by Crippen LogP contribution is 2.29. The van der Waals surface area contributed by atoms with E-state index in [1.165, 1.54) is 36.4 Å². The number of aromatic nitrogens is 1. The lowest BCUT2D eigenvalue weighted by atomic mass is 10.1. The van der Waals surface area contributed by atoms with Crippen LogP contribution in [0.1, 0.15) is 16.1 Å². The van der Waals surface area contributed by atoms with Gasteiger partial charge in [0, 0.05) is 17.6 Å². The van der Waals surface area contributed by atoms with Crippen molar-refractivity contribution in [3.05, 3.63) is 87.7 Å². The zero-order chi connectivity index (χ0) is 23.0. The molecule has 0 radical (unpaired) electrons. The number of rotatable bonds is 4. The van der Waals surface area contributed by atoms with E-state index in [-0.39, 0.29) is 26.9 Å². The number of benzene rings is 2. The fourth-order valence-electron chi connectivity index (χ4n) is 3.20. The van der Waals surface area contributed by atoms with Crippen molar-refractivity contribution in [3.8, 4) is 5.69 Å². The van der Waals surface area contributed by atoms with Crippen molar-refractivity contribution < 1.29 is 24.3 Å². The van der Waals surface area contributed by atoms with Crippen LogP contribution in [0.4, 0.5) is 10.5 Å². The molecule has 4 amide bonds. The number of halogens is 2. The lowest BCUT2D eigenvalue weighted by Crippen LogP contribution is -2.54. The maximum absolute atomic E-state index is 13.1. The number of hydrogen-bond acceptors (Lipinski definition) is 4. The van der Waals surface area contributed by atoms with Crippen LogP contribution in [0.15, 0.2) is 66.4 Å². The average molecular weight is 470 g/mol. The van der Waals surface area contributed by atoms with Crippen LogP contribution in [0.3, 0.4) is 0 Å². The number of imide groups is 2. The minimum absolute atomic E-state index is 0.0812. The number of carboxylic acid groups (broad SMARTS) is 1. The smallest absolute Gasteiger partial charge is 0.335 e. The predicted octanol–water partition coefficient (Wildman–Crippen LogP) is 4.15. The molecule has 1 aliphatic rings. The van der Waals surface area contributed by atoms with Gasteiger partial charge >= 0.3 is 12.0 Å². The first-order valence-electron chi connectivity index (χ1n) is 9.14. The molecule has 0 aliphatic carbocycles. The van der Waals surface area contributed by atoms with Crippen molar-refractivity contribution >= 4 is 58.8 Å². The maximum atomic E-state index is 13.1. The molecule has 0 spiro atoms. The Balaban J connectivity index is 1.75. The summed E-state index contributed by atoms with van der Waals surface area (Å²) in [6, 6.07) is 12.8. The second-order valence-corrected chi connectivity index (χ2v) is 7.53. The third-order valence-electron chi connectivity index (χ3n) is 4.71. The van der Waals surface area contributed by atoms with Gasteiger partial charge in [-0.1, -0.05) is 29.3 Å². The van der Waals surface area contributed by atoms with Gasteiger partial charge in [-0.25, -0.2) is 14.5 Å². The Kier molecular flexibility index (Phi) is 5.56. The van der Waals surface area contributed by atoms with E-state index in [0.717, 1.165) is 4.90 Å². The normalized spacial score (nSPS) is 15.2. The van der Waals surface area contributed by atoms with Gasteiger partial charge in [-0.2, -0.15) is 0 Å². The van der Waals surface area contributed by atoms with E-state index in [2.05, 4.69) is 5.32 Å². The third kappa shape index (κ3) is 3.89. The van der Waals surface area contributed by atoms with Crippen LogP contribution in [-0.4, -0.2) is 33.5 Å². The van der Waals surface area contributed by atoms with E-state index in [4.69, 9.17) is 23.2 Å². The van der Waals surface area contributed by atoms with Gasteiger partial charge in [-0.05, 0) is 54.6 Å². The summed E-state index contributed by atoms with van der Waals surface area (Å²) in [5, 5.41) is 11.7. The fraction of sp³-hybridized carbons (Fsp3) is 0. The molecule has 2 N–H and O–H groups in total. The number of carboxylic acids is 1. The van der Waals surface area contributed by atoms with Gasteiger partial charge in [0.25, 0.3) is 11.8 Å². The molecule has 32 heavy (non-hydrogen) atoms. The summed E-state index contributed by atoms with van der Waals surface area (Å²) in [4.78, 5) is 49.9. The maximum Gasteiger partial charge on any atom is 0.335 e. The molecule has 1 saturated heterocycles. The first-order chi connectivity index (χ1) is 15.3. The number of carbonyl (C=O) groups excluding carboxylic acids is 3. The molecule has 160 valence electrons. The summed E-state index contributed by atoms with van der Waals surface area (Å²) in [6.07, 6.45) is 2.97. The third-order valence-corrected chi connectivity index (χ3v) is 5.45. The molecule has 8 nitrogen and oxygen atoms in total. The van der Waals surface area contributed by atoms with Crippen molar-refractivity contribution in [1.29, 1.82) is 0 Å². The minimum Gasteiger partial charge on any atom is -0.478 e. The van der Waals surface area contributed by atoms with E-state index >= 15 is 0 Å². The second-order valence-electron chi connectivity index (χ2n) is 6.71. The molecule has 10 heteroatoms. The van der Waals surface area contributed by atoms with Gasteiger partial charge in [0.05, 0.1) is 21.3 Å². The summed E-state index contributed by atoms with van der Waals surface area (Å²) in [5.41, 5.74) is 0.879. The Bertz CT molecular complexity index is 1330. The Morgan fingerprint density at radius 2 is 1.72 bits per heavy atom. The summed E-state index contributed by atoms with van der Waals surface area (Å²) in [5.74, 6) is -2.79. The molecule has 2 aromatic carbocycles. The molecule has 3 aromatic rings. The van der Waals surface area contributed by atoms with Gasteiger partial charge in [0.2, 0.25) is 0 Å². The van der Waals surface area contributed by atoms with Crippen molar-refractivity contribution in [3.63, 3.8) is 0 Å². The number of hydrogen-bond donors (Lipinski definition) is 2. The highest BCUT2D eigenvalue weighted by Gasteiger charge is 2.37. The number of barbiturate groups is 1. The van der Waals surface area contributed by atoms with Gasteiger partial charge in [0.1, 0.15) is 5.57 Å². The molecule has 4 rings (SSSR count). The molecular formula is C22H13Cl2N3O5. The van der Waals surface area contributed by atoms with Crippen molar-refractivity contribution in [2.75, 3.05) is 4.90 Å². The molecule has 0 bridgehead atoms. The highest BCUT2D eigenvalue weighted by molar-refractivity contribution is 6.43. The quantitative estimate of drug-likeness (QED) is 0.440. The predicted molar refractivity (Wildman–Crippen MR) is 118 cm³/mol. The topological polar surface area (TPSA) is 109 Å². The Morgan fingerprint density at radius 1 is 0.938 bits per heavy atom. The van der Waals surface area contributed by atoms with Gasteiger partial charge in [-0.3, -0.25) is 14.9 Å². The van der Waals surface area contributed by atoms with Crippen molar-refractivity contribution in [2.45, 2.75) is 0 Å². The number of urea groups is 1. The number of nitrogens with one attached hydrogen (secondary N) is 1. The molecule has 1 aromatic heterocycles. The first kappa shape index (κ1) is 21.4. The molecule has 2 heterocycles. The van der Waals surface area contributed by atoms with E-state index in [1.807, 2.05) is 0 Å². The fourth-order valence-corrected chi connectivity index (χ4v) is 3.49. The Hall–Kier alpha value is -3.88. The minimum atomic E-state index is -1.09. The number of carbonyl (C=O) groups is 4.